The monoisotopic (exact) mass is 344 g/mol. The second-order valence-corrected chi connectivity index (χ2v) is 7.04. The predicted molar refractivity (Wildman–Crippen MR) is 104 cm³/mol. The quantitative estimate of drug-likeness (QED) is 0.299. The number of unbranched alkanes of at least 4 members (excludes halogenated alkanes) is 5. The lowest BCUT2D eigenvalue weighted by Crippen LogP contribution is -2.51. The molecule has 0 fully saturated rings. The Kier molecular flexibility index (Phi) is 14.0. The van der Waals surface area contributed by atoms with Gasteiger partial charge in [0.05, 0.1) is 0 Å². The molecule has 0 bridgehead atoms. The first kappa shape index (κ1) is 23.8. The Labute approximate surface area is 151 Å². The fourth-order valence-electron chi connectivity index (χ4n) is 3.92. The van der Waals surface area contributed by atoms with E-state index in [2.05, 4.69) is 13.8 Å². The number of rotatable bonds is 17. The largest absolute Gasteiger partial charge is 0.350 e. The van der Waals surface area contributed by atoms with Crippen molar-refractivity contribution in [1.29, 1.82) is 0 Å². The van der Waals surface area contributed by atoms with E-state index in [1.54, 1.807) is 0 Å². The van der Waals surface area contributed by atoms with Gasteiger partial charge in [0.1, 0.15) is 0 Å². The molecule has 0 aliphatic carbocycles. The maximum Gasteiger partial charge on any atom is 0.171 e. The van der Waals surface area contributed by atoms with E-state index in [-0.39, 0.29) is 5.41 Å². The summed E-state index contributed by atoms with van der Waals surface area (Å²) in [6, 6.07) is 0. The average molecular weight is 345 g/mol. The van der Waals surface area contributed by atoms with E-state index in [9.17, 15) is 0 Å². The molecule has 4 N–H and O–H groups in total. The maximum atomic E-state index is 6.16. The Morgan fingerprint density at radius 1 is 0.667 bits per heavy atom. The van der Waals surface area contributed by atoms with Gasteiger partial charge >= 0.3 is 0 Å². The molecule has 0 aliphatic heterocycles. The van der Waals surface area contributed by atoms with Crippen molar-refractivity contribution < 1.29 is 9.47 Å². The molecule has 0 saturated heterocycles. The SMILES string of the molecule is CCCCCCCCC(CCN)(CCCN)C(C)(OCC)OCC. The van der Waals surface area contributed by atoms with E-state index >= 15 is 0 Å². The van der Waals surface area contributed by atoms with Gasteiger partial charge in [0.2, 0.25) is 0 Å². The fourth-order valence-corrected chi connectivity index (χ4v) is 3.92. The molecule has 4 nitrogen and oxygen atoms in total. The van der Waals surface area contributed by atoms with Gasteiger partial charge in [0.15, 0.2) is 5.79 Å². The molecule has 0 amide bonds. The lowest BCUT2D eigenvalue weighted by atomic mass is 9.69. The number of ether oxygens (including phenoxy) is 2. The van der Waals surface area contributed by atoms with Gasteiger partial charge in [-0.1, -0.05) is 45.4 Å². The highest BCUT2D eigenvalue weighted by Crippen LogP contribution is 2.47. The Balaban J connectivity index is 5.06. The zero-order valence-electron chi connectivity index (χ0n) is 16.9. The van der Waals surface area contributed by atoms with E-state index < -0.39 is 5.79 Å². The van der Waals surface area contributed by atoms with Gasteiger partial charge in [0.25, 0.3) is 0 Å². The van der Waals surface area contributed by atoms with Crippen LogP contribution in [0.1, 0.15) is 91.9 Å². The van der Waals surface area contributed by atoms with Crippen molar-refractivity contribution >= 4 is 0 Å². The Bertz CT molecular complexity index is 281. The van der Waals surface area contributed by atoms with Gasteiger partial charge in [-0.3, -0.25) is 0 Å². The van der Waals surface area contributed by atoms with E-state index in [1.807, 2.05) is 13.8 Å². The Hall–Kier alpha value is -0.160. The molecule has 1 atom stereocenters. The maximum absolute atomic E-state index is 6.16. The minimum absolute atomic E-state index is 0.0438. The zero-order chi connectivity index (χ0) is 18.3. The molecular weight excluding hydrogens is 300 g/mol. The van der Waals surface area contributed by atoms with Gasteiger partial charge < -0.3 is 20.9 Å². The lowest BCUT2D eigenvalue weighted by molar-refractivity contribution is -0.292. The third-order valence-electron chi connectivity index (χ3n) is 5.29. The number of hydrogen-bond acceptors (Lipinski definition) is 4. The normalized spacial score (nSPS) is 14.8. The van der Waals surface area contributed by atoms with Crippen molar-refractivity contribution in [1.82, 2.24) is 0 Å². The first-order valence-corrected chi connectivity index (χ1v) is 10.2. The molecule has 0 rings (SSSR count). The first-order valence-electron chi connectivity index (χ1n) is 10.2. The predicted octanol–water partition coefficient (Wildman–Crippen LogP) is 4.60. The molecule has 4 heteroatoms. The summed E-state index contributed by atoms with van der Waals surface area (Å²) in [6.45, 7) is 11.1. The second-order valence-electron chi connectivity index (χ2n) is 7.04. The summed E-state index contributed by atoms with van der Waals surface area (Å²) in [6.07, 6.45) is 11.8. The van der Waals surface area contributed by atoms with Crippen LogP contribution in [0.15, 0.2) is 0 Å². The number of nitrogens with two attached hydrogens (primary N) is 2. The molecule has 0 radical (unpaired) electrons. The van der Waals surface area contributed by atoms with Crippen molar-refractivity contribution in [2.24, 2.45) is 16.9 Å². The molecule has 0 heterocycles. The van der Waals surface area contributed by atoms with E-state index in [0.717, 1.165) is 25.7 Å². The first-order chi connectivity index (χ1) is 11.6. The van der Waals surface area contributed by atoms with Crippen LogP contribution in [-0.4, -0.2) is 32.1 Å². The number of hydrogen-bond donors (Lipinski definition) is 2. The highest BCUT2D eigenvalue weighted by atomic mass is 16.7. The van der Waals surface area contributed by atoms with Gasteiger partial charge in [0, 0.05) is 18.6 Å². The molecule has 0 saturated carbocycles. The summed E-state index contributed by atoms with van der Waals surface area (Å²) in [7, 11) is 0. The van der Waals surface area contributed by atoms with Crippen LogP contribution in [0, 0.1) is 5.41 Å². The standard InChI is InChI=1S/C20H44N2O2/c1-5-8-9-10-11-12-14-20(16-18-22,15-13-17-21)19(4,23-6-2)24-7-3/h5-18,21-22H2,1-4H3. The molecular formula is C20H44N2O2. The molecule has 0 aromatic rings. The second kappa shape index (κ2) is 14.1. The van der Waals surface area contributed by atoms with E-state index in [4.69, 9.17) is 20.9 Å². The molecule has 0 aromatic heterocycles. The summed E-state index contributed by atoms with van der Waals surface area (Å²) in [5, 5.41) is 0. The van der Waals surface area contributed by atoms with Crippen LogP contribution in [0.5, 0.6) is 0 Å². The molecule has 146 valence electrons. The molecule has 1 unspecified atom stereocenters. The van der Waals surface area contributed by atoms with Crippen molar-refractivity contribution in [2.45, 2.75) is 97.7 Å². The summed E-state index contributed by atoms with van der Waals surface area (Å²) in [5.74, 6) is -0.575. The van der Waals surface area contributed by atoms with Gasteiger partial charge in [-0.25, -0.2) is 0 Å². The Morgan fingerprint density at radius 2 is 1.21 bits per heavy atom. The fraction of sp³-hybridized carbons (Fsp3) is 1.00. The van der Waals surface area contributed by atoms with Crippen LogP contribution in [0.4, 0.5) is 0 Å². The third-order valence-corrected chi connectivity index (χ3v) is 5.29. The van der Waals surface area contributed by atoms with Crippen molar-refractivity contribution in [3.8, 4) is 0 Å². The van der Waals surface area contributed by atoms with Gasteiger partial charge in [-0.15, -0.1) is 0 Å². The van der Waals surface area contributed by atoms with Crippen LogP contribution >= 0.6 is 0 Å². The highest BCUT2D eigenvalue weighted by molar-refractivity contribution is 4.92. The minimum atomic E-state index is -0.575. The lowest BCUT2D eigenvalue weighted by Gasteiger charge is -2.48. The average Bonchev–Trinajstić information content (AvgIpc) is 2.56. The van der Waals surface area contributed by atoms with Crippen molar-refractivity contribution in [2.75, 3.05) is 26.3 Å². The van der Waals surface area contributed by atoms with Crippen LogP contribution in [0.25, 0.3) is 0 Å². The molecule has 0 spiro atoms. The molecule has 0 aromatic carbocycles. The topological polar surface area (TPSA) is 70.5 Å². The van der Waals surface area contributed by atoms with E-state index in [1.165, 1.54) is 38.5 Å². The third kappa shape index (κ3) is 7.81. The molecule has 0 aliphatic rings. The summed E-state index contributed by atoms with van der Waals surface area (Å²) in [5.41, 5.74) is 11.8. The van der Waals surface area contributed by atoms with E-state index in [0.29, 0.717) is 26.3 Å². The van der Waals surface area contributed by atoms with Crippen LogP contribution in [0.2, 0.25) is 0 Å². The molecule has 24 heavy (non-hydrogen) atoms. The smallest absolute Gasteiger partial charge is 0.171 e. The van der Waals surface area contributed by atoms with Crippen LogP contribution in [-0.2, 0) is 9.47 Å². The van der Waals surface area contributed by atoms with Gasteiger partial charge in [-0.05, 0) is 59.5 Å². The zero-order valence-corrected chi connectivity index (χ0v) is 16.9. The van der Waals surface area contributed by atoms with Crippen LogP contribution < -0.4 is 11.5 Å². The summed E-state index contributed by atoms with van der Waals surface area (Å²) >= 11 is 0. The summed E-state index contributed by atoms with van der Waals surface area (Å²) in [4.78, 5) is 0. The minimum Gasteiger partial charge on any atom is -0.350 e. The Morgan fingerprint density at radius 3 is 1.71 bits per heavy atom. The van der Waals surface area contributed by atoms with Crippen molar-refractivity contribution in [3.05, 3.63) is 0 Å². The highest BCUT2D eigenvalue weighted by Gasteiger charge is 2.48. The van der Waals surface area contributed by atoms with Gasteiger partial charge in [-0.2, -0.15) is 0 Å². The van der Waals surface area contributed by atoms with Crippen LogP contribution in [0.3, 0.4) is 0 Å². The summed E-state index contributed by atoms with van der Waals surface area (Å²) < 4.78 is 12.3. The van der Waals surface area contributed by atoms with Crippen molar-refractivity contribution in [3.63, 3.8) is 0 Å².